The van der Waals surface area contributed by atoms with Gasteiger partial charge in [0, 0.05) is 5.41 Å². The number of carbonyl (C=O) groups excluding carboxylic acids is 1. The number of rotatable bonds is 2. The van der Waals surface area contributed by atoms with Crippen molar-refractivity contribution in [2.24, 2.45) is 0 Å². The minimum atomic E-state index is -0.0883. The summed E-state index contributed by atoms with van der Waals surface area (Å²) in [5, 5.41) is 0. The molecule has 0 aliphatic rings. The number of Topliss-reactive ketones (excluding diaryl/α,β-unsaturated/α-hetero) is 1. The molecule has 72 valence electrons. The Kier molecular flexibility index (Phi) is 2.55. The van der Waals surface area contributed by atoms with Crippen molar-refractivity contribution in [3.63, 3.8) is 0 Å². The summed E-state index contributed by atoms with van der Waals surface area (Å²) < 4.78 is 5.27. The molecule has 1 heterocycles. The lowest BCUT2D eigenvalue weighted by Crippen LogP contribution is -2.11. The molecule has 13 heavy (non-hydrogen) atoms. The summed E-state index contributed by atoms with van der Waals surface area (Å²) in [7, 11) is 0. The summed E-state index contributed by atoms with van der Waals surface area (Å²) in [6, 6.07) is 0. The van der Waals surface area contributed by atoms with Gasteiger partial charge in [0.15, 0.2) is 5.89 Å². The fraction of sp³-hybridized carbons (Fsp3) is 0.600. The zero-order valence-corrected chi connectivity index (χ0v) is 8.55. The van der Waals surface area contributed by atoms with Crippen molar-refractivity contribution in [2.45, 2.75) is 39.5 Å². The molecule has 0 atom stereocenters. The maximum Gasteiger partial charge on any atom is 0.199 e. The predicted octanol–water partition coefficient (Wildman–Crippen LogP) is 2.10. The average Bonchev–Trinajstić information content (AvgIpc) is 2.32. The van der Waals surface area contributed by atoms with Crippen molar-refractivity contribution in [1.29, 1.82) is 0 Å². The molecule has 0 fully saturated rings. The standard InChI is InChI=1S/C10H15NO2/c1-7(12)5-8-6-13-9(11-8)10(2,3)4/h6H,5H2,1-4H3. The van der Waals surface area contributed by atoms with E-state index in [1.165, 1.54) is 0 Å². The topological polar surface area (TPSA) is 43.1 Å². The van der Waals surface area contributed by atoms with Crippen LogP contribution in [0, 0.1) is 0 Å². The maximum absolute atomic E-state index is 10.8. The number of ketones is 1. The number of carbonyl (C=O) groups is 1. The summed E-state index contributed by atoms with van der Waals surface area (Å²) in [6.45, 7) is 7.62. The summed E-state index contributed by atoms with van der Waals surface area (Å²) in [5.74, 6) is 0.789. The van der Waals surface area contributed by atoms with Gasteiger partial charge in [-0.3, -0.25) is 4.79 Å². The SMILES string of the molecule is CC(=O)Cc1coc(C(C)(C)C)n1. The highest BCUT2D eigenvalue weighted by Crippen LogP contribution is 2.21. The first-order valence-electron chi connectivity index (χ1n) is 4.34. The van der Waals surface area contributed by atoms with Crippen LogP contribution in [0.5, 0.6) is 0 Å². The van der Waals surface area contributed by atoms with Gasteiger partial charge in [-0.15, -0.1) is 0 Å². The van der Waals surface area contributed by atoms with E-state index in [1.54, 1.807) is 13.2 Å². The van der Waals surface area contributed by atoms with Crippen LogP contribution in [0.3, 0.4) is 0 Å². The quantitative estimate of drug-likeness (QED) is 0.701. The van der Waals surface area contributed by atoms with Gasteiger partial charge >= 0.3 is 0 Å². The van der Waals surface area contributed by atoms with Gasteiger partial charge in [-0.05, 0) is 6.92 Å². The van der Waals surface area contributed by atoms with E-state index in [0.29, 0.717) is 12.3 Å². The van der Waals surface area contributed by atoms with Gasteiger partial charge in [-0.2, -0.15) is 0 Å². The molecule has 0 bridgehead atoms. The Morgan fingerprint density at radius 1 is 1.54 bits per heavy atom. The largest absolute Gasteiger partial charge is 0.448 e. The summed E-state index contributed by atoms with van der Waals surface area (Å²) in [6.07, 6.45) is 1.92. The molecular formula is C10H15NO2. The Morgan fingerprint density at radius 3 is 2.54 bits per heavy atom. The molecule has 0 aliphatic carbocycles. The lowest BCUT2D eigenvalue weighted by Gasteiger charge is -2.11. The van der Waals surface area contributed by atoms with E-state index in [0.717, 1.165) is 5.69 Å². The first-order valence-corrected chi connectivity index (χ1v) is 4.34. The van der Waals surface area contributed by atoms with E-state index in [-0.39, 0.29) is 11.2 Å². The van der Waals surface area contributed by atoms with Crippen LogP contribution >= 0.6 is 0 Å². The van der Waals surface area contributed by atoms with E-state index in [9.17, 15) is 4.79 Å². The van der Waals surface area contributed by atoms with E-state index in [4.69, 9.17) is 4.42 Å². The van der Waals surface area contributed by atoms with Crippen molar-refractivity contribution in [2.75, 3.05) is 0 Å². The van der Waals surface area contributed by atoms with Crippen LogP contribution in [-0.2, 0) is 16.6 Å². The fourth-order valence-corrected chi connectivity index (χ4v) is 0.988. The van der Waals surface area contributed by atoms with Gasteiger partial charge in [0.05, 0.1) is 12.1 Å². The Morgan fingerprint density at radius 2 is 2.15 bits per heavy atom. The Balaban J connectivity index is 2.81. The van der Waals surface area contributed by atoms with Gasteiger partial charge in [-0.25, -0.2) is 4.98 Å². The van der Waals surface area contributed by atoms with Crippen LogP contribution in [-0.4, -0.2) is 10.8 Å². The summed E-state index contributed by atoms with van der Waals surface area (Å²) in [4.78, 5) is 15.0. The molecule has 1 aromatic heterocycles. The van der Waals surface area contributed by atoms with Gasteiger partial charge in [-0.1, -0.05) is 20.8 Å². The zero-order valence-electron chi connectivity index (χ0n) is 8.55. The molecule has 0 unspecified atom stereocenters. The van der Waals surface area contributed by atoms with E-state index < -0.39 is 0 Å². The summed E-state index contributed by atoms with van der Waals surface area (Å²) >= 11 is 0. The number of hydrogen-bond donors (Lipinski definition) is 0. The molecule has 1 aromatic rings. The zero-order chi connectivity index (χ0) is 10.1. The molecule has 0 radical (unpaired) electrons. The van der Waals surface area contributed by atoms with Crippen LogP contribution in [0.1, 0.15) is 39.3 Å². The molecule has 1 rings (SSSR count). The number of hydrogen-bond acceptors (Lipinski definition) is 3. The molecule has 0 N–H and O–H groups in total. The van der Waals surface area contributed by atoms with Gasteiger partial charge in [0.1, 0.15) is 12.0 Å². The molecule has 3 nitrogen and oxygen atoms in total. The van der Waals surface area contributed by atoms with E-state index >= 15 is 0 Å². The highest BCUT2D eigenvalue weighted by molar-refractivity contribution is 5.77. The van der Waals surface area contributed by atoms with Crippen LogP contribution in [0.15, 0.2) is 10.7 Å². The van der Waals surface area contributed by atoms with Crippen molar-refractivity contribution in [1.82, 2.24) is 4.98 Å². The molecular weight excluding hydrogens is 166 g/mol. The minimum absolute atomic E-state index is 0.0883. The van der Waals surface area contributed by atoms with Crippen LogP contribution < -0.4 is 0 Å². The average molecular weight is 181 g/mol. The lowest BCUT2D eigenvalue weighted by atomic mass is 9.97. The monoisotopic (exact) mass is 181 g/mol. The Hall–Kier alpha value is -1.12. The van der Waals surface area contributed by atoms with Crippen molar-refractivity contribution < 1.29 is 9.21 Å². The van der Waals surface area contributed by atoms with Crippen molar-refractivity contribution in [3.05, 3.63) is 17.8 Å². The van der Waals surface area contributed by atoms with Gasteiger partial charge in [0.25, 0.3) is 0 Å². The van der Waals surface area contributed by atoms with Gasteiger partial charge < -0.3 is 4.42 Å². The number of oxazole rings is 1. The third-order valence-electron chi connectivity index (χ3n) is 1.62. The van der Waals surface area contributed by atoms with Gasteiger partial charge in [0.2, 0.25) is 0 Å². The van der Waals surface area contributed by atoms with Crippen LogP contribution in [0.25, 0.3) is 0 Å². The van der Waals surface area contributed by atoms with E-state index in [2.05, 4.69) is 4.98 Å². The Labute approximate surface area is 78.2 Å². The molecule has 0 spiro atoms. The Bertz CT molecular complexity index is 307. The second kappa shape index (κ2) is 3.32. The fourth-order valence-electron chi connectivity index (χ4n) is 0.988. The third-order valence-corrected chi connectivity index (χ3v) is 1.62. The minimum Gasteiger partial charge on any atom is -0.448 e. The highest BCUT2D eigenvalue weighted by atomic mass is 16.3. The van der Waals surface area contributed by atoms with Crippen LogP contribution in [0.4, 0.5) is 0 Å². The molecule has 3 heteroatoms. The molecule has 0 amide bonds. The molecule has 0 aromatic carbocycles. The lowest BCUT2D eigenvalue weighted by molar-refractivity contribution is -0.116. The molecule has 0 saturated heterocycles. The van der Waals surface area contributed by atoms with Crippen LogP contribution in [0.2, 0.25) is 0 Å². The molecule has 0 aliphatic heterocycles. The molecule has 0 saturated carbocycles. The van der Waals surface area contributed by atoms with Crippen molar-refractivity contribution >= 4 is 5.78 Å². The second-order valence-corrected chi connectivity index (χ2v) is 4.27. The normalized spacial score (nSPS) is 11.7. The number of aromatic nitrogens is 1. The smallest absolute Gasteiger partial charge is 0.199 e. The van der Waals surface area contributed by atoms with E-state index in [1.807, 2.05) is 20.8 Å². The van der Waals surface area contributed by atoms with Crippen molar-refractivity contribution in [3.8, 4) is 0 Å². The predicted molar refractivity (Wildman–Crippen MR) is 49.6 cm³/mol. The first kappa shape index (κ1) is 9.96. The second-order valence-electron chi connectivity index (χ2n) is 4.27. The highest BCUT2D eigenvalue weighted by Gasteiger charge is 2.20. The maximum atomic E-state index is 10.8. The number of nitrogens with zero attached hydrogens (tertiary/aromatic N) is 1. The third kappa shape index (κ3) is 2.68. The summed E-state index contributed by atoms with van der Waals surface area (Å²) in [5.41, 5.74) is 0.632. The first-order chi connectivity index (χ1) is 5.89.